The summed E-state index contributed by atoms with van der Waals surface area (Å²) in [5, 5.41) is 10.4. The second-order valence-corrected chi connectivity index (χ2v) is 6.23. The molecule has 1 fully saturated rings. The molecule has 2 heterocycles. The molecule has 5 nitrogen and oxygen atoms in total. The number of para-hydroxylation sites is 1. The van der Waals surface area contributed by atoms with Crippen molar-refractivity contribution in [2.24, 2.45) is 0 Å². The van der Waals surface area contributed by atoms with Gasteiger partial charge in [-0.05, 0) is 42.8 Å². The fourth-order valence-electron chi connectivity index (χ4n) is 3.56. The molecule has 1 saturated heterocycles. The number of phenols is 1. The predicted molar refractivity (Wildman–Crippen MR) is 95.6 cm³/mol. The van der Waals surface area contributed by atoms with E-state index in [1.54, 1.807) is 12.1 Å². The van der Waals surface area contributed by atoms with E-state index in [1.165, 1.54) is 17.0 Å². The zero-order chi connectivity index (χ0) is 17.6. The molecule has 1 aromatic heterocycles. The summed E-state index contributed by atoms with van der Waals surface area (Å²) in [6, 6.07) is 14.1. The van der Waals surface area contributed by atoms with Gasteiger partial charge in [0, 0.05) is 30.1 Å². The van der Waals surface area contributed by atoms with Crippen LogP contribution in [-0.4, -0.2) is 21.5 Å². The molecule has 5 heteroatoms. The van der Waals surface area contributed by atoms with E-state index in [0.717, 1.165) is 23.0 Å². The number of aromatic nitrogens is 1. The first-order chi connectivity index (χ1) is 12.1. The lowest BCUT2D eigenvalue weighted by Crippen LogP contribution is -2.29. The summed E-state index contributed by atoms with van der Waals surface area (Å²) in [5.74, 6) is -0.798. The van der Waals surface area contributed by atoms with Gasteiger partial charge in [0.1, 0.15) is 5.75 Å². The fraction of sp³-hybridized carbons (Fsp3) is 0.200. The van der Waals surface area contributed by atoms with Crippen LogP contribution in [0.25, 0.3) is 10.9 Å². The Balaban J connectivity index is 1.77. The normalized spacial score (nSPS) is 17.6. The van der Waals surface area contributed by atoms with Crippen LogP contribution in [0.3, 0.4) is 0 Å². The van der Waals surface area contributed by atoms with Gasteiger partial charge in [-0.1, -0.05) is 18.2 Å². The fourth-order valence-corrected chi connectivity index (χ4v) is 3.56. The van der Waals surface area contributed by atoms with Gasteiger partial charge in [-0.15, -0.1) is 0 Å². The Morgan fingerprint density at radius 1 is 1.08 bits per heavy atom. The van der Waals surface area contributed by atoms with E-state index in [2.05, 4.69) is 11.5 Å². The van der Waals surface area contributed by atoms with Gasteiger partial charge >= 0.3 is 0 Å². The molecule has 2 amide bonds. The number of carbonyl (C=O) groups is 2. The maximum absolute atomic E-state index is 13.0. The molecule has 1 aliphatic heterocycles. The number of hydrogen-bond donors (Lipinski definition) is 1. The van der Waals surface area contributed by atoms with Gasteiger partial charge in [0.05, 0.1) is 11.6 Å². The number of anilines is 1. The molecule has 1 N–H and O–H groups in total. The molecule has 2 aromatic carbocycles. The van der Waals surface area contributed by atoms with Crippen molar-refractivity contribution in [2.45, 2.75) is 25.8 Å². The van der Waals surface area contributed by atoms with Gasteiger partial charge in [-0.25, -0.2) is 0 Å². The summed E-state index contributed by atoms with van der Waals surface area (Å²) in [5.41, 5.74) is 2.47. The van der Waals surface area contributed by atoms with Gasteiger partial charge in [-0.3, -0.25) is 14.5 Å². The molecule has 25 heavy (non-hydrogen) atoms. The summed E-state index contributed by atoms with van der Waals surface area (Å²) in [6.07, 6.45) is 2.15. The number of aromatic hydroxyl groups is 1. The first kappa shape index (κ1) is 15.4. The van der Waals surface area contributed by atoms with Crippen molar-refractivity contribution in [2.75, 3.05) is 4.90 Å². The third kappa shape index (κ3) is 2.39. The first-order valence-corrected chi connectivity index (χ1v) is 8.33. The third-order valence-corrected chi connectivity index (χ3v) is 4.79. The summed E-state index contributed by atoms with van der Waals surface area (Å²) in [6.45, 7) is 2.86. The Hall–Kier alpha value is -3.08. The highest BCUT2D eigenvalue weighted by Gasteiger charge is 2.41. The van der Waals surface area contributed by atoms with Gasteiger partial charge in [0.25, 0.3) is 0 Å². The molecular formula is C20H18N2O3. The maximum atomic E-state index is 13.0. The first-order valence-electron chi connectivity index (χ1n) is 8.33. The summed E-state index contributed by atoms with van der Waals surface area (Å²) >= 11 is 0. The van der Waals surface area contributed by atoms with Crippen molar-refractivity contribution in [1.29, 1.82) is 0 Å². The second kappa shape index (κ2) is 5.77. The zero-order valence-electron chi connectivity index (χ0n) is 13.8. The monoisotopic (exact) mass is 334 g/mol. The molecule has 0 radical (unpaired) electrons. The topological polar surface area (TPSA) is 62.5 Å². The van der Waals surface area contributed by atoms with E-state index in [1.807, 2.05) is 30.5 Å². The number of aryl methyl sites for hydroxylation is 1. The molecule has 1 unspecified atom stereocenters. The molecule has 126 valence electrons. The maximum Gasteiger partial charge on any atom is 0.241 e. The highest BCUT2D eigenvalue weighted by molar-refractivity contribution is 6.23. The van der Waals surface area contributed by atoms with Crippen molar-refractivity contribution >= 4 is 28.4 Å². The van der Waals surface area contributed by atoms with Crippen LogP contribution in [0.2, 0.25) is 0 Å². The molecule has 1 atom stereocenters. The van der Waals surface area contributed by atoms with Gasteiger partial charge in [0.15, 0.2) is 0 Å². The van der Waals surface area contributed by atoms with Gasteiger partial charge < -0.3 is 9.67 Å². The van der Waals surface area contributed by atoms with Crippen LogP contribution < -0.4 is 4.90 Å². The van der Waals surface area contributed by atoms with Crippen LogP contribution in [0.15, 0.2) is 54.7 Å². The minimum absolute atomic E-state index is 0.102. The van der Waals surface area contributed by atoms with Crippen LogP contribution in [0, 0.1) is 0 Å². The van der Waals surface area contributed by atoms with Crippen molar-refractivity contribution in [3.05, 3.63) is 60.3 Å². The Morgan fingerprint density at radius 3 is 2.52 bits per heavy atom. The SMILES string of the molecule is CCn1cc(C2CC(=O)N(c3ccc(O)cc3)C2=O)c2ccccc21. The quantitative estimate of drug-likeness (QED) is 0.747. The van der Waals surface area contributed by atoms with Crippen LogP contribution >= 0.6 is 0 Å². The number of hydrogen-bond acceptors (Lipinski definition) is 3. The zero-order valence-corrected chi connectivity index (χ0v) is 13.8. The smallest absolute Gasteiger partial charge is 0.241 e. The van der Waals surface area contributed by atoms with Crippen LogP contribution in [0.1, 0.15) is 24.8 Å². The third-order valence-electron chi connectivity index (χ3n) is 4.79. The molecule has 0 aliphatic carbocycles. The van der Waals surface area contributed by atoms with E-state index in [9.17, 15) is 14.7 Å². The van der Waals surface area contributed by atoms with Crippen LogP contribution in [-0.2, 0) is 16.1 Å². The number of rotatable bonds is 3. The molecule has 0 bridgehead atoms. The van der Waals surface area contributed by atoms with Crippen molar-refractivity contribution in [3.8, 4) is 5.75 Å². The largest absolute Gasteiger partial charge is 0.508 e. The lowest BCUT2D eigenvalue weighted by Gasteiger charge is -2.15. The number of phenolic OH excluding ortho intramolecular Hbond substituents is 1. The number of nitrogens with zero attached hydrogens (tertiary/aromatic N) is 2. The summed E-state index contributed by atoms with van der Waals surface area (Å²) in [4.78, 5) is 26.7. The number of amides is 2. The average molecular weight is 334 g/mol. The number of benzene rings is 2. The van der Waals surface area contributed by atoms with Crippen molar-refractivity contribution in [3.63, 3.8) is 0 Å². The minimum Gasteiger partial charge on any atom is -0.508 e. The Kier molecular flexibility index (Phi) is 3.57. The predicted octanol–water partition coefficient (Wildman–Crippen LogP) is 3.41. The Morgan fingerprint density at radius 2 is 1.80 bits per heavy atom. The lowest BCUT2D eigenvalue weighted by atomic mass is 9.97. The molecule has 4 rings (SSSR count). The number of imide groups is 1. The van der Waals surface area contributed by atoms with Crippen LogP contribution in [0.5, 0.6) is 5.75 Å². The van der Waals surface area contributed by atoms with E-state index < -0.39 is 5.92 Å². The lowest BCUT2D eigenvalue weighted by molar-refractivity contribution is -0.121. The average Bonchev–Trinajstić information content (AvgIpc) is 3.13. The van der Waals surface area contributed by atoms with Gasteiger partial charge in [0.2, 0.25) is 11.8 Å². The van der Waals surface area contributed by atoms with Gasteiger partial charge in [-0.2, -0.15) is 0 Å². The Bertz CT molecular complexity index is 972. The summed E-state index contributed by atoms with van der Waals surface area (Å²) < 4.78 is 2.10. The Labute approximate surface area is 145 Å². The minimum atomic E-state index is -0.473. The van der Waals surface area contributed by atoms with E-state index in [0.29, 0.717) is 5.69 Å². The summed E-state index contributed by atoms with van der Waals surface area (Å²) in [7, 11) is 0. The van der Waals surface area contributed by atoms with E-state index in [4.69, 9.17) is 0 Å². The molecule has 0 spiro atoms. The molecule has 3 aromatic rings. The molecule has 1 aliphatic rings. The molecule has 0 saturated carbocycles. The highest BCUT2D eigenvalue weighted by atomic mass is 16.3. The van der Waals surface area contributed by atoms with E-state index >= 15 is 0 Å². The van der Waals surface area contributed by atoms with Crippen molar-refractivity contribution < 1.29 is 14.7 Å². The van der Waals surface area contributed by atoms with Crippen molar-refractivity contribution in [1.82, 2.24) is 4.57 Å². The second-order valence-electron chi connectivity index (χ2n) is 6.23. The van der Waals surface area contributed by atoms with Crippen LogP contribution in [0.4, 0.5) is 5.69 Å². The standard InChI is InChI=1S/C20H18N2O3/c1-2-21-12-17(15-5-3-4-6-18(15)21)16-11-19(24)22(20(16)25)13-7-9-14(23)10-8-13/h3-10,12,16,23H,2,11H2,1H3. The number of fused-ring (bicyclic) bond motifs is 1. The van der Waals surface area contributed by atoms with E-state index in [-0.39, 0.29) is 24.0 Å². The molecular weight excluding hydrogens is 316 g/mol. The highest BCUT2D eigenvalue weighted by Crippen LogP contribution is 2.37. The number of carbonyl (C=O) groups excluding carboxylic acids is 2.